The maximum Gasteiger partial charge on any atom is 0.125 e. The summed E-state index contributed by atoms with van der Waals surface area (Å²) >= 11 is 0. The van der Waals surface area contributed by atoms with E-state index in [0.29, 0.717) is 11.8 Å². The molecule has 1 heterocycles. The maximum atomic E-state index is 5.84. The number of amidine groups is 1. The molecule has 4 N–H and O–H groups in total. The number of aliphatic imine (C=N–C) groups is 1. The molecule has 0 bridgehead atoms. The molecule has 1 unspecified atom stereocenters. The fourth-order valence-electron chi connectivity index (χ4n) is 1.77. The van der Waals surface area contributed by atoms with Crippen molar-refractivity contribution >= 4 is 17.6 Å². The number of rotatable bonds is 2. The van der Waals surface area contributed by atoms with Gasteiger partial charge in [-0.15, -0.1) is 0 Å². The van der Waals surface area contributed by atoms with Crippen molar-refractivity contribution in [1.82, 2.24) is 0 Å². The quantitative estimate of drug-likeness (QED) is 0.761. The largest absolute Gasteiger partial charge is 0.399 e. The Morgan fingerprint density at radius 1 is 1.29 bits per heavy atom. The first kappa shape index (κ1) is 11.5. The number of nitrogens with zero attached hydrogens (tertiary/aromatic N) is 1. The van der Waals surface area contributed by atoms with Crippen LogP contribution in [0.25, 0.3) is 6.08 Å². The van der Waals surface area contributed by atoms with E-state index in [9.17, 15) is 0 Å². The Hall–Kier alpha value is -2.03. The molecular weight excluding hydrogens is 210 g/mol. The van der Waals surface area contributed by atoms with Gasteiger partial charge in [0, 0.05) is 17.8 Å². The van der Waals surface area contributed by atoms with Crippen molar-refractivity contribution in [3.8, 4) is 0 Å². The van der Waals surface area contributed by atoms with E-state index in [1.54, 1.807) is 0 Å². The highest BCUT2D eigenvalue weighted by atomic mass is 14.9. The number of benzene rings is 1. The molecule has 0 spiro atoms. The van der Waals surface area contributed by atoms with Gasteiger partial charge in [0.05, 0.1) is 0 Å². The summed E-state index contributed by atoms with van der Waals surface area (Å²) in [4.78, 5) is 4.27. The van der Waals surface area contributed by atoms with Crippen LogP contribution in [-0.2, 0) is 0 Å². The van der Waals surface area contributed by atoms with Gasteiger partial charge in [0.2, 0.25) is 0 Å². The van der Waals surface area contributed by atoms with E-state index in [1.807, 2.05) is 36.4 Å². The minimum Gasteiger partial charge on any atom is -0.399 e. The summed E-state index contributed by atoms with van der Waals surface area (Å²) in [6.45, 7) is 2.91. The first-order chi connectivity index (χ1) is 8.15. The van der Waals surface area contributed by atoms with Crippen molar-refractivity contribution in [3.05, 3.63) is 47.6 Å². The van der Waals surface area contributed by atoms with Crippen molar-refractivity contribution < 1.29 is 0 Å². The summed E-state index contributed by atoms with van der Waals surface area (Å²) in [6.07, 6.45) is 6.14. The third-order valence-corrected chi connectivity index (χ3v) is 2.68. The lowest BCUT2D eigenvalue weighted by atomic mass is 10.0. The predicted molar refractivity (Wildman–Crippen MR) is 73.6 cm³/mol. The van der Waals surface area contributed by atoms with E-state index in [2.05, 4.69) is 18.0 Å². The highest BCUT2D eigenvalue weighted by Gasteiger charge is 2.08. The highest BCUT2D eigenvalue weighted by molar-refractivity contribution is 6.01. The van der Waals surface area contributed by atoms with Gasteiger partial charge in [-0.1, -0.05) is 37.3 Å². The van der Waals surface area contributed by atoms with Crippen LogP contribution in [0.4, 0.5) is 5.69 Å². The minimum atomic E-state index is 0.447. The van der Waals surface area contributed by atoms with Crippen LogP contribution in [0.15, 0.2) is 47.0 Å². The molecule has 0 saturated heterocycles. The molecule has 3 heteroatoms. The standard InChI is InChI=1S/C14H17N3/c1-10-7-12(14(16)17-9-10)6-5-11-3-2-4-13(15)8-11/h2-8,10H,9,15H2,1H3,(H2,16,17)/b6-5+. The fraction of sp³-hybridized carbons (Fsp3) is 0.214. The van der Waals surface area contributed by atoms with E-state index in [0.717, 1.165) is 23.4 Å². The molecule has 0 saturated carbocycles. The Morgan fingerprint density at radius 2 is 2.12 bits per heavy atom. The number of hydrogen-bond acceptors (Lipinski definition) is 3. The molecule has 1 aliphatic rings. The third kappa shape index (κ3) is 2.97. The summed E-state index contributed by atoms with van der Waals surface area (Å²) in [5.41, 5.74) is 14.4. The molecule has 88 valence electrons. The Morgan fingerprint density at radius 3 is 2.88 bits per heavy atom. The molecule has 1 aromatic carbocycles. The van der Waals surface area contributed by atoms with Crippen LogP contribution in [0.2, 0.25) is 0 Å². The van der Waals surface area contributed by atoms with Gasteiger partial charge in [-0.05, 0) is 23.6 Å². The fourth-order valence-corrected chi connectivity index (χ4v) is 1.77. The monoisotopic (exact) mass is 227 g/mol. The minimum absolute atomic E-state index is 0.447. The van der Waals surface area contributed by atoms with Crippen LogP contribution < -0.4 is 11.5 Å². The zero-order chi connectivity index (χ0) is 12.3. The zero-order valence-electron chi connectivity index (χ0n) is 9.93. The molecule has 0 amide bonds. The molecule has 1 atom stereocenters. The summed E-state index contributed by atoms with van der Waals surface area (Å²) in [5.74, 6) is 1.06. The SMILES string of the molecule is CC1C=C(/C=C/c2cccc(N)c2)C(N)=NC1. The second-order valence-corrected chi connectivity index (χ2v) is 4.33. The van der Waals surface area contributed by atoms with Gasteiger partial charge in [-0.25, -0.2) is 0 Å². The molecule has 0 radical (unpaired) electrons. The summed E-state index contributed by atoms with van der Waals surface area (Å²) in [6, 6.07) is 7.74. The lowest BCUT2D eigenvalue weighted by Gasteiger charge is -2.13. The lowest BCUT2D eigenvalue weighted by molar-refractivity contribution is 0.728. The van der Waals surface area contributed by atoms with Gasteiger partial charge in [0.15, 0.2) is 0 Å². The molecule has 1 aromatic rings. The molecule has 0 fully saturated rings. The summed E-state index contributed by atoms with van der Waals surface area (Å²) in [5, 5.41) is 0. The number of hydrogen-bond donors (Lipinski definition) is 2. The molecule has 2 rings (SSSR count). The average Bonchev–Trinajstić information content (AvgIpc) is 2.30. The van der Waals surface area contributed by atoms with Crippen molar-refractivity contribution in [1.29, 1.82) is 0 Å². The first-order valence-electron chi connectivity index (χ1n) is 5.71. The van der Waals surface area contributed by atoms with Crippen molar-refractivity contribution in [2.75, 3.05) is 12.3 Å². The van der Waals surface area contributed by atoms with Gasteiger partial charge < -0.3 is 11.5 Å². The topological polar surface area (TPSA) is 64.4 Å². The van der Waals surface area contributed by atoms with Crippen LogP contribution in [0.1, 0.15) is 12.5 Å². The van der Waals surface area contributed by atoms with Crippen LogP contribution in [0, 0.1) is 5.92 Å². The number of anilines is 1. The second-order valence-electron chi connectivity index (χ2n) is 4.33. The molecule has 0 aromatic heterocycles. The smallest absolute Gasteiger partial charge is 0.125 e. The van der Waals surface area contributed by atoms with Crippen LogP contribution in [0.3, 0.4) is 0 Å². The first-order valence-corrected chi connectivity index (χ1v) is 5.71. The van der Waals surface area contributed by atoms with E-state index < -0.39 is 0 Å². The normalized spacial score (nSPS) is 20.2. The molecular formula is C14H17N3. The Labute approximate surface area is 102 Å². The number of nitrogen functional groups attached to an aromatic ring is 1. The Balaban J connectivity index is 2.18. The average molecular weight is 227 g/mol. The van der Waals surface area contributed by atoms with Crippen molar-refractivity contribution in [2.24, 2.45) is 16.6 Å². The van der Waals surface area contributed by atoms with Gasteiger partial charge in [0.1, 0.15) is 5.84 Å². The van der Waals surface area contributed by atoms with E-state index in [4.69, 9.17) is 11.5 Å². The van der Waals surface area contributed by atoms with Gasteiger partial charge in [-0.2, -0.15) is 0 Å². The van der Waals surface area contributed by atoms with Crippen molar-refractivity contribution in [3.63, 3.8) is 0 Å². The van der Waals surface area contributed by atoms with Crippen molar-refractivity contribution in [2.45, 2.75) is 6.92 Å². The molecule has 0 aliphatic carbocycles. The molecule has 3 nitrogen and oxygen atoms in total. The Kier molecular flexibility index (Phi) is 3.28. The van der Waals surface area contributed by atoms with Gasteiger partial charge in [-0.3, -0.25) is 4.99 Å². The zero-order valence-corrected chi connectivity index (χ0v) is 9.93. The van der Waals surface area contributed by atoms with E-state index in [1.165, 1.54) is 0 Å². The highest BCUT2D eigenvalue weighted by Crippen LogP contribution is 2.14. The Bertz CT molecular complexity index is 498. The van der Waals surface area contributed by atoms with Gasteiger partial charge in [0.25, 0.3) is 0 Å². The number of nitrogens with two attached hydrogens (primary N) is 2. The molecule has 17 heavy (non-hydrogen) atoms. The summed E-state index contributed by atoms with van der Waals surface area (Å²) < 4.78 is 0. The summed E-state index contributed by atoms with van der Waals surface area (Å²) in [7, 11) is 0. The van der Waals surface area contributed by atoms with Crippen LogP contribution in [-0.4, -0.2) is 12.4 Å². The van der Waals surface area contributed by atoms with E-state index in [-0.39, 0.29) is 0 Å². The predicted octanol–water partition coefficient (Wildman–Crippen LogP) is 2.22. The maximum absolute atomic E-state index is 5.84. The lowest BCUT2D eigenvalue weighted by Crippen LogP contribution is -2.20. The number of dihydropyridines is 1. The third-order valence-electron chi connectivity index (χ3n) is 2.68. The van der Waals surface area contributed by atoms with E-state index >= 15 is 0 Å². The van der Waals surface area contributed by atoms with Gasteiger partial charge >= 0.3 is 0 Å². The molecule has 1 aliphatic heterocycles. The van der Waals surface area contributed by atoms with Crippen LogP contribution in [0.5, 0.6) is 0 Å². The van der Waals surface area contributed by atoms with Crippen LogP contribution >= 0.6 is 0 Å². The second kappa shape index (κ2) is 4.87.